The molecular formula is C33H15N3. The third-order valence-electron chi connectivity index (χ3n) is 5.13. The molecule has 0 bridgehead atoms. The predicted molar refractivity (Wildman–Crippen MR) is 138 cm³/mol. The number of nitrogens with zero attached hydrogens (tertiary/aromatic N) is 3. The second-order valence-corrected chi connectivity index (χ2v) is 7.52. The van der Waals surface area contributed by atoms with Crippen LogP contribution >= 0.6 is 0 Å². The lowest BCUT2D eigenvalue weighted by atomic mass is 10.0. The number of rotatable bonds is 0. The number of hydrogen-bond acceptors (Lipinski definition) is 3. The molecule has 0 spiro atoms. The van der Waals surface area contributed by atoms with Gasteiger partial charge in [0.05, 0.1) is 16.7 Å². The minimum Gasteiger partial charge on any atom is -0.192 e. The molecule has 4 rings (SSSR count). The van der Waals surface area contributed by atoms with Gasteiger partial charge >= 0.3 is 0 Å². The molecule has 0 aliphatic rings. The number of hydrogen-bond donors (Lipinski definition) is 0. The molecule has 0 N–H and O–H groups in total. The van der Waals surface area contributed by atoms with E-state index < -0.39 is 0 Å². The van der Waals surface area contributed by atoms with Crippen molar-refractivity contribution in [2.24, 2.45) is 0 Å². The van der Waals surface area contributed by atoms with Crippen LogP contribution in [0.5, 0.6) is 0 Å². The van der Waals surface area contributed by atoms with Gasteiger partial charge in [-0.3, -0.25) is 0 Å². The molecule has 4 aromatic carbocycles. The van der Waals surface area contributed by atoms with Gasteiger partial charge in [-0.2, -0.15) is 15.8 Å². The molecular weight excluding hydrogens is 438 g/mol. The molecule has 3 nitrogen and oxygen atoms in total. The summed E-state index contributed by atoms with van der Waals surface area (Å²) in [6, 6.07) is 33.6. The largest absolute Gasteiger partial charge is 0.192 e. The van der Waals surface area contributed by atoms with Crippen LogP contribution in [-0.2, 0) is 0 Å². The molecule has 0 unspecified atom stereocenters. The first-order chi connectivity index (χ1) is 17.7. The van der Waals surface area contributed by atoms with Crippen molar-refractivity contribution in [1.82, 2.24) is 0 Å². The fourth-order valence-electron chi connectivity index (χ4n) is 3.28. The summed E-state index contributed by atoms with van der Waals surface area (Å²) >= 11 is 0. The van der Waals surface area contributed by atoms with Crippen LogP contribution in [0.3, 0.4) is 0 Å². The van der Waals surface area contributed by atoms with Crippen molar-refractivity contribution in [3.63, 3.8) is 0 Å². The first kappa shape index (κ1) is 23.2. The molecule has 0 heterocycles. The Morgan fingerprint density at radius 2 is 0.750 bits per heavy atom. The second kappa shape index (κ2) is 11.2. The molecule has 36 heavy (non-hydrogen) atoms. The fraction of sp³-hybridized carbons (Fsp3) is 0. The van der Waals surface area contributed by atoms with Crippen LogP contribution in [0.25, 0.3) is 0 Å². The minimum atomic E-state index is 0.397. The van der Waals surface area contributed by atoms with Crippen molar-refractivity contribution in [2.45, 2.75) is 0 Å². The summed E-state index contributed by atoms with van der Waals surface area (Å²) in [5, 5.41) is 28.4. The van der Waals surface area contributed by atoms with Gasteiger partial charge in [0.15, 0.2) is 0 Å². The highest BCUT2D eigenvalue weighted by Crippen LogP contribution is 2.13. The lowest BCUT2D eigenvalue weighted by Crippen LogP contribution is -1.88. The maximum Gasteiger partial charge on any atom is 0.100 e. The Kier molecular flexibility index (Phi) is 7.25. The van der Waals surface area contributed by atoms with Gasteiger partial charge in [0, 0.05) is 33.4 Å². The van der Waals surface area contributed by atoms with Gasteiger partial charge in [0.1, 0.15) is 18.2 Å². The fourth-order valence-corrected chi connectivity index (χ4v) is 3.28. The number of nitriles is 3. The molecule has 4 aromatic rings. The van der Waals surface area contributed by atoms with Crippen LogP contribution in [0.1, 0.15) is 50.1 Å². The van der Waals surface area contributed by atoms with Crippen LogP contribution in [0.4, 0.5) is 0 Å². The second-order valence-electron chi connectivity index (χ2n) is 7.52. The first-order valence-electron chi connectivity index (χ1n) is 10.9. The summed E-state index contributed by atoms with van der Waals surface area (Å²) in [5.41, 5.74) is 5.34. The molecule has 0 atom stereocenters. The van der Waals surface area contributed by atoms with Crippen LogP contribution in [0.2, 0.25) is 0 Å². The SMILES string of the molecule is N#Cc1ccccc1C#Cc1ccc(C#Cc2ccc(C#Cc3ccccc3)c(C#N)c2)c(C#N)c1. The normalized spacial score (nSPS) is 8.92. The van der Waals surface area contributed by atoms with Crippen LogP contribution in [0, 0.1) is 69.5 Å². The Hall–Kier alpha value is -5.97. The van der Waals surface area contributed by atoms with Gasteiger partial charge in [0.2, 0.25) is 0 Å². The maximum absolute atomic E-state index is 9.61. The summed E-state index contributed by atoms with van der Waals surface area (Å²) < 4.78 is 0. The maximum atomic E-state index is 9.61. The van der Waals surface area contributed by atoms with Gasteiger partial charge in [-0.1, -0.05) is 65.9 Å². The van der Waals surface area contributed by atoms with E-state index in [4.69, 9.17) is 0 Å². The molecule has 3 heteroatoms. The monoisotopic (exact) mass is 453 g/mol. The van der Waals surface area contributed by atoms with Gasteiger partial charge in [-0.05, 0) is 60.7 Å². The highest BCUT2D eigenvalue weighted by atomic mass is 14.3. The zero-order chi connectivity index (χ0) is 25.2. The third-order valence-corrected chi connectivity index (χ3v) is 5.13. The highest BCUT2D eigenvalue weighted by molar-refractivity contribution is 5.59. The van der Waals surface area contributed by atoms with Crippen LogP contribution in [-0.4, -0.2) is 0 Å². The summed E-state index contributed by atoms with van der Waals surface area (Å²) in [7, 11) is 0. The summed E-state index contributed by atoms with van der Waals surface area (Å²) in [4.78, 5) is 0. The van der Waals surface area contributed by atoms with E-state index in [2.05, 4.69) is 53.7 Å². The summed E-state index contributed by atoms with van der Waals surface area (Å²) in [6.07, 6.45) is 0. The Balaban J connectivity index is 1.59. The molecule has 0 aromatic heterocycles. The van der Waals surface area contributed by atoms with E-state index in [1.165, 1.54) is 0 Å². The van der Waals surface area contributed by atoms with E-state index in [0.717, 1.165) is 5.56 Å². The standard InChI is InChI=1S/C33H15N3/c34-22-31-9-5-4-8-28(31)16-11-26-13-18-30(33(20-26)24-36)19-14-27-12-17-29(32(21-27)23-35)15-10-25-6-2-1-3-7-25/h1-9,12-13,17-18,20-21H. The Morgan fingerprint density at radius 3 is 1.25 bits per heavy atom. The topological polar surface area (TPSA) is 71.4 Å². The molecule has 0 fully saturated rings. The Labute approximate surface area is 210 Å². The van der Waals surface area contributed by atoms with E-state index in [0.29, 0.717) is 44.5 Å². The average Bonchev–Trinajstić information content (AvgIpc) is 2.94. The summed E-state index contributed by atoms with van der Waals surface area (Å²) in [6.45, 7) is 0. The zero-order valence-corrected chi connectivity index (χ0v) is 19.0. The average molecular weight is 454 g/mol. The van der Waals surface area contributed by atoms with E-state index in [-0.39, 0.29) is 0 Å². The van der Waals surface area contributed by atoms with Crippen molar-refractivity contribution in [3.8, 4) is 53.7 Å². The van der Waals surface area contributed by atoms with Crippen molar-refractivity contribution >= 4 is 0 Å². The summed E-state index contributed by atoms with van der Waals surface area (Å²) in [5.74, 6) is 18.1. The third kappa shape index (κ3) is 5.68. The predicted octanol–water partition coefficient (Wildman–Crippen LogP) is 5.50. The Bertz CT molecular complexity index is 1770. The van der Waals surface area contributed by atoms with E-state index in [9.17, 15) is 15.8 Å². The number of benzene rings is 4. The van der Waals surface area contributed by atoms with Crippen molar-refractivity contribution in [2.75, 3.05) is 0 Å². The Morgan fingerprint density at radius 1 is 0.333 bits per heavy atom. The van der Waals surface area contributed by atoms with Gasteiger partial charge < -0.3 is 0 Å². The van der Waals surface area contributed by atoms with E-state index in [1.54, 1.807) is 54.6 Å². The molecule has 0 aliphatic carbocycles. The smallest absolute Gasteiger partial charge is 0.100 e. The zero-order valence-electron chi connectivity index (χ0n) is 19.0. The van der Waals surface area contributed by atoms with Gasteiger partial charge in [-0.15, -0.1) is 0 Å². The molecule has 0 amide bonds. The quantitative estimate of drug-likeness (QED) is 0.330. The molecule has 0 radical (unpaired) electrons. The molecule has 0 aliphatic heterocycles. The van der Waals surface area contributed by atoms with Crippen LogP contribution < -0.4 is 0 Å². The van der Waals surface area contributed by atoms with Crippen LogP contribution in [0.15, 0.2) is 91.0 Å². The van der Waals surface area contributed by atoms with Crippen molar-refractivity contribution in [3.05, 3.63) is 141 Å². The van der Waals surface area contributed by atoms with Crippen molar-refractivity contribution in [1.29, 1.82) is 15.8 Å². The molecule has 162 valence electrons. The lowest BCUT2D eigenvalue weighted by Gasteiger charge is -1.99. The van der Waals surface area contributed by atoms with E-state index in [1.807, 2.05) is 36.4 Å². The lowest BCUT2D eigenvalue weighted by molar-refractivity contribution is 1.45. The van der Waals surface area contributed by atoms with Gasteiger partial charge in [-0.25, -0.2) is 0 Å². The molecule has 0 saturated carbocycles. The van der Waals surface area contributed by atoms with Crippen molar-refractivity contribution < 1.29 is 0 Å². The van der Waals surface area contributed by atoms with E-state index >= 15 is 0 Å². The molecule has 0 saturated heterocycles. The highest BCUT2D eigenvalue weighted by Gasteiger charge is 2.03. The van der Waals surface area contributed by atoms with Gasteiger partial charge in [0.25, 0.3) is 0 Å². The first-order valence-corrected chi connectivity index (χ1v) is 10.9. The minimum absolute atomic E-state index is 0.397.